The van der Waals surface area contributed by atoms with Crippen molar-refractivity contribution < 1.29 is 0 Å². The van der Waals surface area contributed by atoms with E-state index < -0.39 is 0 Å². The van der Waals surface area contributed by atoms with Gasteiger partial charge in [-0.2, -0.15) is 0 Å². The third-order valence-corrected chi connectivity index (χ3v) is 1.60. The molecule has 0 heteroatoms. The fourth-order valence-electron chi connectivity index (χ4n) is 0.912. The van der Waals surface area contributed by atoms with E-state index in [-0.39, 0.29) is 0 Å². The molecule has 68 valence electrons. The first-order valence-electron chi connectivity index (χ1n) is 4.62. The monoisotopic (exact) mass is 164 g/mol. The molecule has 0 rings (SSSR count). The van der Waals surface area contributed by atoms with Gasteiger partial charge < -0.3 is 0 Å². The van der Waals surface area contributed by atoms with Crippen LogP contribution in [0.2, 0.25) is 0 Å². The Bertz CT molecular complexity index is 161. The first-order valence-corrected chi connectivity index (χ1v) is 4.62. The van der Waals surface area contributed by atoms with Crippen LogP contribution in [0.5, 0.6) is 0 Å². The largest absolute Gasteiger partial charge is 0.0991 e. The third-order valence-electron chi connectivity index (χ3n) is 1.60. The zero-order valence-electron chi connectivity index (χ0n) is 8.46. The van der Waals surface area contributed by atoms with Crippen molar-refractivity contribution in [3.8, 4) is 0 Å². The standard InChI is InChI=1S/C12H20/c1-5-6-9-12(4)10-7-8-11(2)3/h5-9,11-12H,1,10H2,2-4H3. The molecule has 0 nitrogen and oxygen atoms in total. The van der Waals surface area contributed by atoms with Gasteiger partial charge in [-0.1, -0.05) is 57.7 Å². The molecule has 0 aliphatic rings. The number of rotatable bonds is 5. The normalized spacial score (nSPS) is 14.7. The number of hydrogen-bond donors (Lipinski definition) is 0. The van der Waals surface area contributed by atoms with Gasteiger partial charge in [0.15, 0.2) is 0 Å². The van der Waals surface area contributed by atoms with E-state index >= 15 is 0 Å². The van der Waals surface area contributed by atoms with Crippen LogP contribution in [0.3, 0.4) is 0 Å². The van der Waals surface area contributed by atoms with Gasteiger partial charge in [0.2, 0.25) is 0 Å². The maximum absolute atomic E-state index is 3.64. The summed E-state index contributed by atoms with van der Waals surface area (Å²) < 4.78 is 0. The van der Waals surface area contributed by atoms with Crippen LogP contribution in [0.15, 0.2) is 37.0 Å². The Labute approximate surface area is 76.7 Å². The fourth-order valence-corrected chi connectivity index (χ4v) is 0.912. The van der Waals surface area contributed by atoms with Gasteiger partial charge in [0, 0.05) is 0 Å². The molecule has 0 amide bonds. The van der Waals surface area contributed by atoms with Crippen molar-refractivity contribution in [2.24, 2.45) is 11.8 Å². The van der Waals surface area contributed by atoms with E-state index in [1.165, 1.54) is 0 Å². The Kier molecular flexibility index (Phi) is 6.45. The van der Waals surface area contributed by atoms with Crippen LogP contribution < -0.4 is 0 Å². The van der Waals surface area contributed by atoms with Crippen LogP contribution in [0, 0.1) is 11.8 Å². The summed E-state index contributed by atoms with van der Waals surface area (Å²) in [6.45, 7) is 10.2. The maximum atomic E-state index is 3.64. The molecule has 0 N–H and O–H groups in total. The molecular formula is C12H20. The van der Waals surface area contributed by atoms with E-state index in [0.29, 0.717) is 11.8 Å². The molecule has 0 spiro atoms. The van der Waals surface area contributed by atoms with Crippen LogP contribution >= 0.6 is 0 Å². The highest BCUT2D eigenvalue weighted by molar-refractivity contribution is 5.01. The van der Waals surface area contributed by atoms with Crippen LogP contribution in [0.1, 0.15) is 27.2 Å². The zero-order valence-corrected chi connectivity index (χ0v) is 8.46. The van der Waals surface area contributed by atoms with Crippen molar-refractivity contribution in [3.63, 3.8) is 0 Å². The lowest BCUT2D eigenvalue weighted by atomic mass is 10.1. The number of allylic oxidation sites excluding steroid dienone is 5. The molecule has 12 heavy (non-hydrogen) atoms. The molecule has 0 aromatic carbocycles. The molecule has 0 aliphatic carbocycles. The van der Waals surface area contributed by atoms with E-state index in [4.69, 9.17) is 0 Å². The van der Waals surface area contributed by atoms with E-state index in [1.807, 2.05) is 12.2 Å². The Morgan fingerprint density at radius 3 is 2.33 bits per heavy atom. The van der Waals surface area contributed by atoms with Crippen LogP contribution in [-0.2, 0) is 0 Å². The van der Waals surface area contributed by atoms with Gasteiger partial charge in [-0.15, -0.1) is 0 Å². The maximum Gasteiger partial charge on any atom is -0.0224 e. The highest BCUT2D eigenvalue weighted by Crippen LogP contribution is 2.06. The second kappa shape index (κ2) is 6.90. The zero-order chi connectivity index (χ0) is 9.40. The van der Waals surface area contributed by atoms with Gasteiger partial charge in [-0.3, -0.25) is 0 Å². The molecule has 0 radical (unpaired) electrons. The first kappa shape index (κ1) is 11.2. The molecule has 1 atom stereocenters. The molecule has 0 fully saturated rings. The summed E-state index contributed by atoms with van der Waals surface area (Å²) in [5, 5.41) is 0. The first-order chi connectivity index (χ1) is 5.66. The average molecular weight is 164 g/mol. The highest BCUT2D eigenvalue weighted by Gasteiger charge is 1.91. The summed E-state index contributed by atoms with van der Waals surface area (Å²) in [5.41, 5.74) is 0. The number of hydrogen-bond acceptors (Lipinski definition) is 0. The molecule has 0 aliphatic heterocycles. The molecule has 0 aromatic heterocycles. The summed E-state index contributed by atoms with van der Waals surface area (Å²) in [7, 11) is 0. The molecule has 0 saturated carbocycles. The van der Waals surface area contributed by atoms with Gasteiger partial charge in [0.05, 0.1) is 0 Å². The van der Waals surface area contributed by atoms with Gasteiger partial charge in [0.25, 0.3) is 0 Å². The third kappa shape index (κ3) is 7.33. The Morgan fingerprint density at radius 1 is 1.17 bits per heavy atom. The van der Waals surface area contributed by atoms with E-state index in [0.717, 1.165) is 6.42 Å². The van der Waals surface area contributed by atoms with Crippen molar-refractivity contribution in [2.75, 3.05) is 0 Å². The predicted octanol–water partition coefficient (Wildman–Crippen LogP) is 3.97. The predicted molar refractivity (Wildman–Crippen MR) is 57.1 cm³/mol. The van der Waals surface area contributed by atoms with Gasteiger partial charge >= 0.3 is 0 Å². The van der Waals surface area contributed by atoms with Gasteiger partial charge in [-0.25, -0.2) is 0 Å². The molecule has 0 heterocycles. The molecule has 0 aromatic rings. The topological polar surface area (TPSA) is 0 Å². The lowest BCUT2D eigenvalue weighted by Crippen LogP contribution is -1.86. The smallest absolute Gasteiger partial charge is 0.0224 e. The Morgan fingerprint density at radius 2 is 1.83 bits per heavy atom. The molecule has 0 saturated heterocycles. The summed E-state index contributed by atoms with van der Waals surface area (Å²) in [5.74, 6) is 1.29. The van der Waals surface area contributed by atoms with Gasteiger partial charge in [-0.05, 0) is 18.3 Å². The minimum Gasteiger partial charge on any atom is -0.0991 e. The Balaban J connectivity index is 3.63. The quantitative estimate of drug-likeness (QED) is 0.426. The molecule has 0 bridgehead atoms. The molecule has 1 unspecified atom stereocenters. The minimum atomic E-state index is 0.623. The van der Waals surface area contributed by atoms with Crippen molar-refractivity contribution in [1.82, 2.24) is 0 Å². The molecular weight excluding hydrogens is 144 g/mol. The van der Waals surface area contributed by atoms with Crippen molar-refractivity contribution >= 4 is 0 Å². The average Bonchev–Trinajstić information content (AvgIpc) is 2.00. The summed E-state index contributed by atoms with van der Waals surface area (Å²) in [6.07, 6.45) is 11.6. The van der Waals surface area contributed by atoms with Crippen molar-refractivity contribution in [3.05, 3.63) is 37.0 Å². The van der Waals surface area contributed by atoms with Crippen molar-refractivity contribution in [1.29, 1.82) is 0 Å². The second-order valence-corrected chi connectivity index (χ2v) is 3.51. The van der Waals surface area contributed by atoms with Crippen LogP contribution in [0.25, 0.3) is 0 Å². The summed E-state index contributed by atoms with van der Waals surface area (Å²) in [6, 6.07) is 0. The van der Waals surface area contributed by atoms with Crippen LogP contribution in [0.4, 0.5) is 0 Å². The van der Waals surface area contributed by atoms with E-state index in [9.17, 15) is 0 Å². The van der Waals surface area contributed by atoms with E-state index in [1.54, 1.807) is 0 Å². The summed E-state index contributed by atoms with van der Waals surface area (Å²) in [4.78, 5) is 0. The van der Waals surface area contributed by atoms with Crippen LogP contribution in [-0.4, -0.2) is 0 Å². The Hall–Kier alpha value is -0.780. The van der Waals surface area contributed by atoms with E-state index in [2.05, 4.69) is 45.6 Å². The lowest BCUT2D eigenvalue weighted by molar-refractivity contribution is 0.733. The minimum absolute atomic E-state index is 0.623. The lowest BCUT2D eigenvalue weighted by Gasteiger charge is -2.00. The highest BCUT2D eigenvalue weighted by atomic mass is 14.0. The second-order valence-electron chi connectivity index (χ2n) is 3.51. The van der Waals surface area contributed by atoms with Crippen molar-refractivity contribution in [2.45, 2.75) is 27.2 Å². The SMILES string of the molecule is C=CC=CC(C)CC=CC(C)C. The fraction of sp³-hybridized carbons (Fsp3) is 0.500. The van der Waals surface area contributed by atoms with Gasteiger partial charge in [0.1, 0.15) is 0 Å². The summed E-state index contributed by atoms with van der Waals surface area (Å²) >= 11 is 0.